The fourth-order valence-electron chi connectivity index (χ4n) is 3.19. The second kappa shape index (κ2) is 4.74. The number of pyridine rings is 1. The number of aryl methyl sites for hydroxylation is 2. The molecule has 0 amide bonds. The van der Waals surface area contributed by atoms with Crippen molar-refractivity contribution in [2.24, 2.45) is 0 Å². The first kappa shape index (κ1) is 13.6. The minimum atomic E-state index is -0.613. The molecule has 2 heterocycles. The molecule has 0 fully saturated rings. The molecule has 2 aromatic heterocycles. The van der Waals surface area contributed by atoms with Crippen molar-refractivity contribution in [2.45, 2.75) is 26.2 Å². The first-order valence-electron chi connectivity index (χ1n) is 7.22. The number of anilines is 1. The molecule has 0 unspecified atom stereocenters. The standard InChI is InChI=1S/C17H14F2N2S/c1-8-15(20)14-11-3-2-4-13(11)22-17(14)21-16(8)10-6-5-9(18)7-12(10)19/h5-7H,2-4H2,1H3,(H2,20,21). The molecule has 4 rings (SSSR count). The Labute approximate surface area is 130 Å². The average Bonchev–Trinajstić information content (AvgIpc) is 3.03. The van der Waals surface area contributed by atoms with E-state index in [0.717, 1.165) is 41.1 Å². The third-order valence-corrected chi connectivity index (χ3v) is 5.52. The van der Waals surface area contributed by atoms with Crippen molar-refractivity contribution in [1.82, 2.24) is 4.98 Å². The summed E-state index contributed by atoms with van der Waals surface area (Å²) in [5.74, 6) is -1.21. The van der Waals surface area contributed by atoms with Crippen molar-refractivity contribution in [3.8, 4) is 11.3 Å². The maximum atomic E-state index is 14.1. The van der Waals surface area contributed by atoms with Crippen LogP contribution in [0, 0.1) is 18.6 Å². The van der Waals surface area contributed by atoms with Gasteiger partial charge in [-0.1, -0.05) is 0 Å². The molecule has 1 aromatic carbocycles. The van der Waals surface area contributed by atoms with E-state index in [4.69, 9.17) is 5.73 Å². The van der Waals surface area contributed by atoms with Crippen LogP contribution in [0.4, 0.5) is 14.5 Å². The molecule has 1 aliphatic carbocycles. The van der Waals surface area contributed by atoms with E-state index in [9.17, 15) is 8.78 Å². The largest absolute Gasteiger partial charge is 0.398 e. The molecule has 112 valence electrons. The number of hydrogen-bond donors (Lipinski definition) is 1. The Hall–Kier alpha value is -2.01. The fraction of sp³-hybridized carbons (Fsp3) is 0.235. The summed E-state index contributed by atoms with van der Waals surface area (Å²) in [6.45, 7) is 1.85. The summed E-state index contributed by atoms with van der Waals surface area (Å²) < 4.78 is 27.2. The zero-order valence-electron chi connectivity index (χ0n) is 12.0. The van der Waals surface area contributed by atoms with Crippen LogP contribution in [0.3, 0.4) is 0 Å². The number of benzene rings is 1. The molecular formula is C17H14F2N2S. The Kier molecular flexibility index (Phi) is 2.94. The van der Waals surface area contributed by atoms with E-state index in [1.165, 1.54) is 22.6 Å². The van der Waals surface area contributed by atoms with E-state index in [1.54, 1.807) is 11.3 Å². The number of rotatable bonds is 1. The fourth-order valence-corrected chi connectivity index (χ4v) is 4.47. The predicted molar refractivity (Wildman–Crippen MR) is 86.1 cm³/mol. The molecule has 0 radical (unpaired) electrons. The van der Waals surface area contributed by atoms with Crippen molar-refractivity contribution in [3.63, 3.8) is 0 Å². The third-order valence-electron chi connectivity index (χ3n) is 4.33. The summed E-state index contributed by atoms with van der Waals surface area (Å²) in [6.07, 6.45) is 3.25. The highest BCUT2D eigenvalue weighted by atomic mass is 32.1. The Balaban J connectivity index is 2.01. The lowest BCUT2D eigenvalue weighted by atomic mass is 10.0. The van der Waals surface area contributed by atoms with Crippen LogP contribution in [0.1, 0.15) is 22.4 Å². The third kappa shape index (κ3) is 1.85. The molecule has 0 atom stereocenters. The maximum absolute atomic E-state index is 14.1. The van der Waals surface area contributed by atoms with Gasteiger partial charge in [-0.2, -0.15) is 0 Å². The van der Waals surface area contributed by atoms with Crippen LogP contribution in [0.25, 0.3) is 21.5 Å². The van der Waals surface area contributed by atoms with Gasteiger partial charge in [-0.3, -0.25) is 0 Å². The topological polar surface area (TPSA) is 38.9 Å². The number of aromatic nitrogens is 1. The lowest BCUT2D eigenvalue weighted by Crippen LogP contribution is -1.99. The first-order valence-corrected chi connectivity index (χ1v) is 8.03. The van der Waals surface area contributed by atoms with Crippen LogP contribution < -0.4 is 5.73 Å². The van der Waals surface area contributed by atoms with Crippen LogP contribution in [-0.2, 0) is 12.8 Å². The number of nitrogens with zero attached hydrogens (tertiary/aromatic N) is 1. The lowest BCUT2D eigenvalue weighted by Gasteiger charge is -2.11. The van der Waals surface area contributed by atoms with Crippen LogP contribution in [0.15, 0.2) is 18.2 Å². The Bertz CT molecular complexity index is 915. The first-order chi connectivity index (χ1) is 10.6. The van der Waals surface area contributed by atoms with E-state index in [-0.39, 0.29) is 0 Å². The van der Waals surface area contributed by atoms with Crippen molar-refractivity contribution in [2.75, 3.05) is 5.73 Å². The number of fused-ring (bicyclic) bond motifs is 3. The Morgan fingerprint density at radius 1 is 1.23 bits per heavy atom. The number of thiophene rings is 1. The second-order valence-electron chi connectivity index (χ2n) is 5.66. The molecule has 5 heteroatoms. The molecule has 1 aliphatic rings. The number of nitrogens with two attached hydrogens (primary N) is 1. The second-order valence-corrected chi connectivity index (χ2v) is 6.74. The molecule has 0 aliphatic heterocycles. The van der Waals surface area contributed by atoms with E-state index >= 15 is 0 Å². The van der Waals surface area contributed by atoms with Gasteiger partial charge in [0.15, 0.2) is 0 Å². The summed E-state index contributed by atoms with van der Waals surface area (Å²) in [6, 6.07) is 3.55. The van der Waals surface area contributed by atoms with Gasteiger partial charge in [0.2, 0.25) is 0 Å². The van der Waals surface area contributed by atoms with Crippen LogP contribution in [0.2, 0.25) is 0 Å². The lowest BCUT2D eigenvalue weighted by molar-refractivity contribution is 0.585. The van der Waals surface area contributed by atoms with E-state index in [2.05, 4.69) is 4.98 Å². The summed E-state index contributed by atoms with van der Waals surface area (Å²) in [5.41, 5.74) is 9.85. The molecule has 0 bridgehead atoms. The molecule has 3 aromatic rings. The summed E-state index contributed by atoms with van der Waals surface area (Å²) in [4.78, 5) is 6.83. The highest BCUT2D eigenvalue weighted by Gasteiger charge is 2.23. The number of hydrogen-bond acceptors (Lipinski definition) is 3. The molecular weight excluding hydrogens is 302 g/mol. The Morgan fingerprint density at radius 2 is 2.05 bits per heavy atom. The quantitative estimate of drug-likeness (QED) is 0.711. The molecule has 22 heavy (non-hydrogen) atoms. The SMILES string of the molecule is Cc1c(-c2ccc(F)cc2F)nc2sc3c(c2c1N)CCC3. The van der Waals surface area contributed by atoms with E-state index in [0.29, 0.717) is 16.9 Å². The average molecular weight is 316 g/mol. The summed E-state index contributed by atoms with van der Waals surface area (Å²) >= 11 is 1.64. The normalized spacial score (nSPS) is 13.8. The van der Waals surface area contributed by atoms with Crippen molar-refractivity contribution in [1.29, 1.82) is 0 Å². The molecule has 0 saturated heterocycles. The van der Waals surface area contributed by atoms with Crippen LogP contribution >= 0.6 is 11.3 Å². The zero-order chi connectivity index (χ0) is 15.4. The highest BCUT2D eigenvalue weighted by Crippen LogP contribution is 2.42. The molecule has 2 N–H and O–H groups in total. The molecule has 2 nitrogen and oxygen atoms in total. The highest BCUT2D eigenvalue weighted by molar-refractivity contribution is 7.19. The van der Waals surface area contributed by atoms with Gasteiger partial charge in [0.25, 0.3) is 0 Å². The van der Waals surface area contributed by atoms with Gasteiger partial charge >= 0.3 is 0 Å². The minimum absolute atomic E-state index is 0.293. The summed E-state index contributed by atoms with van der Waals surface area (Å²) in [5, 5.41) is 1.03. The van der Waals surface area contributed by atoms with Crippen molar-refractivity contribution >= 4 is 27.2 Å². The van der Waals surface area contributed by atoms with Crippen molar-refractivity contribution < 1.29 is 8.78 Å². The van der Waals surface area contributed by atoms with Gasteiger partial charge in [-0.05, 0) is 49.4 Å². The van der Waals surface area contributed by atoms with Crippen LogP contribution in [0.5, 0.6) is 0 Å². The van der Waals surface area contributed by atoms with Crippen molar-refractivity contribution in [3.05, 3.63) is 45.8 Å². The van der Waals surface area contributed by atoms with E-state index < -0.39 is 11.6 Å². The van der Waals surface area contributed by atoms with Gasteiger partial charge in [-0.25, -0.2) is 13.8 Å². The maximum Gasteiger partial charge on any atom is 0.135 e. The predicted octanol–water partition coefficient (Wildman–Crippen LogP) is 4.62. The molecule has 0 saturated carbocycles. The summed E-state index contributed by atoms with van der Waals surface area (Å²) in [7, 11) is 0. The van der Waals surface area contributed by atoms with Crippen LogP contribution in [-0.4, -0.2) is 4.98 Å². The van der Waals surface area contributed by atoms with Gasteiger partial charge in [0.1, 0.15) is 16.5 Å². The smallest absolute Gasteiger partial charge is 0.135 e. The molecule has 0 spiro atoms. The number of nitrogen functional groups attached to an aromatic ring is 1. The van der Waals surface area contributed by atoms with Gasteiger partial charge in [0, 0.05) is 27.6 Å². The van der Waals surface area contributed by atoms with E-state index in [1.807, 2.05) is 6.92 Å². The zero-order valence-corrected chi connectivity index (χ0v) is 12.9. The Morgan fingerprint density at radius 3 is 2.82 bits per heavy atom. The number of halogens is 2. The van der Waals surface area contributed by atoms with Gasteiger partial charge in [-0.15, -0.1) is 11.3 Å². The van der Waals surface area contributed by atoms with Gasteiger partial charge < -0.3 is 5.73 Å². The minimum Gasteiger partial charge on any atom is -0.398 e. The monoisotopic (exact) mass is 316 g/mol. The van der Waals surface area contributed by atoms with Gasteiger partial charge in [0.05, 0.1) is 5.69 Å².